The van der Waals surface area contributed by atoms with Gasteiger partial charge in [-0.25, -0.2) is 0 Å². The van der Waals surface area contributed by atoms with E-state index < -0.39 is 0 Å². The highest BCUT2D eigenvalue weighted by Crippen LogP contribution is 2.38. The molecule has 3 atom stereocenters. The molecule has 1 aromatic rings. The van der Waals surface area contributed by atoms with Crippen LogP contribution in [0, 0.1) is 5.92 Å². The Hall–Kier alpha value is -0.900. The van der Waals surface area contributed by atoms with Gasteiger partial charge < -0.3 is 10.6 Å². The summed E-state index contributed by atoms with van der Waals surface area (Å²) in [5, 5.41) is 0. The molecule has 1 aliphatic heterocycles. The maximum Gasteiger partial charge on any atom is 0.0142 e. The number of likely N-dealkylation sites (N-methyl/N-ethyl adjacent to an activating group) is 1. The monoisotopic (exact) mass is 287 g/mol. The van der Waals surface area contributed by atoms with E-state index in [-0.39, 0.29) is 0 Å². The lowest BCUT2D eigenvalue weighted by molar-refractivity contribution is 0.0547. The average Bonchev–Trinajstić information content (AvgIpc) is 2.56. The van der Waals surface area contributed by atoms with Gasteiger partial charge in [0.2, 0.25) is 0 Å². The third-order valence-corrected chi connectivity index (χ3v) is 5.54. The van der Waals surface area contributed by atoms with E-state index in [0.717, 1.165) is 12.5 Å². The standard InChI is InChI=1S/C18H29N3/c1-20-9-11-21(12-10-20)18-13-16(7-8-17(18)14-19)15-5-3-2-4-6-15/h2-6,16-18H,7-14,19H2,1H3. The van der Waals surface area contributed by atoms with Crippen LogP contribution >= 0.6 is 0 Å². The van der Waals surface area contributed by atoms with E-state index >= 15 is 0 Å². The summed E-state index contributed by atoms with van der Waals surface area (Å²) in [6.45, 7) is 5.66. The van der Waals surface area contributed by atoms with Crippen molar-refractivity contribution in [1.29, 1.82) is 0 Å². The van der Waals surface area contributed by atoms with Crippen LogP contribution in [0.4, 0.5) is 0 Å². The lowest BCUT2D eigenvalue weighted by atomic mass is 9.74. The molecule has 116 valence electrons. The minimum Gasteiger partial charge on any atom is -0.330 e. The van der Waals surface area contributed by atoms with Crippen LogP contribution in [-0.4, -0.2) is 55.6 Å². The van der Waals surface area contributed by atoms with E-state index in [2.05, 4.69) is 47.2 Å². The van der Waals surface area contributed by atoms with Crippen LogP contribution in [0.3, 0.4) is 0 Å². The van der Waals surface area contributed by atoms with Crippen molar-refractivity contribution in [3.63, 3.8) is 0 Å². The van der Waals surface area contributed by atoms with Crippen LogP contribution in [0.15, 0.2) is 30.3 Å². The Balaban J connectivity index is 1.70. The van der Waals surface area contributed by atoms with Crippen molar-refractivity contribution in [2.24, 2.45) is 11.7 Å². The molecule has 1 aromatic carbocycles. The minimum atomic E-state index is 0.683. The fraction of sp³-hybridized carbons (Fsp3) is 0.667. The van der Waals surface area contributed by atoms with Crippen molar-refractivity contribution in [1.82, 2.24) is 9.80 Å². The normalized spacial score (nSPS) is 32.2. The highest BCUT2D eigenvalue weighted by atomic mass is 15.3. The van der Waals surface area contributed by atoms with Crippen molar-refractivity contribution in [3.05, 3.63) is 35.9 Å². The molecule has 1 saturated carbocycles. The molecule has 0 spiro atoms. The second kappa shape index (κ2) is 6.91. The predicted molar refractivity (Wildman–Crippen MR) is 88.4 cm³/mol. The van der Waals surface area contributed by atoms with Crippen molar-refractivity contribution in [2.45, 2.75) is 31.2 Å². The van der Waals surface area contributed by atoms with Crippen LogP contribution < -0.4 is 5.73 Å². The largest absolute Gasteiger partial charge is 0.330 e. The maximum atomic E-state index is 6.07. The summed E-state index contributed by atoms with van der Waals surface area (Å²) in [4.78, 5) is 5.15. The topological polar surface area (TPSA) is 32.5 Å². The van der Waals surface area contributed by atoms with Crippen LogP contribution in [0.25, 0.3) is 0 Å². The zero-order valence-electron chi connectivity index (χ0n) is 13.2. The van der Waals surface area contributed by atoms with E-state index in [1.54, 1.807) is 0 Å². The Labute approximate surface area is 129 Å². The smallest absolute Gasteiger partial charge is 0.0142 e. The Morgan fingerprint density at radius 3 is 2.43 bits per heavy atom. The summed E-state index contributed by atoms with van der Waals surface area (Å²) in [6.07, 6.45) is 3.87. The number of rotatable bonds is 3. The first kappa shape index (κ1) is 15.0. The van der Waals surface area contributed by atoms with Gasteiger partial charge in [-0.1, -0.05) is 30.3 Å². The van der Waals surface area contributed by atoms with Gasteiger partial charge in [0.05, 0.1) is 0 Å². The molecule has 2 aliphatic rings. The molecule has 2 N–H and O–H groups in total. The number of nitrogens with two attached hydrogens (primary N) is 1. The molecule has 1 aliphatic carbocycles. The Morgan fingerprint density at radius 1 is 1.05 bits per heavy atom. The number of piperazine rings is 1. The maximum absolute atomic E-state index is 6.07. The summed E-state index contributed by atoms with van der Waals surface area (Å²) in [7, 11) is 2.23. The summed E-state index contributed by atoms with van der Waals surface area (Å²) in [6, 6.07) is 11.8. The first-order chi connectivity index (χ1) is 10.3. The van der Waals surface area contributed by atoms with Gasteiger partial charge in [0.25, 0.3) is 0 Å². The number of hydrogen-bond donors (Lipinski definition) is 1. The molecule has 3 nitrogen and oxygen atoms in total. The van der Waals surface area contributed by atoms with Gasteiger partial charge in [0, 0.05) is 32.2 Å². The third-order valence-electron chi connectivity index (χ3n) is 5.54. The Bertz CT molecular complexity index is 425. The first-order valence-corrected chi connectivity index (χ1v) is 8.45. The van der Waals surface area contributed by atoms with Gasteiger partial charge in [0.1, 0.15) is 0 Å². The molecule has 2 fully saturated rings. The molecule has 0 bridgehead atoms. The predicted octanol–water partition coefficient (Wildman–Crippen LogP) is 2.15. The van der Waals surface area contributed by atoms with Gasteiger partial charge in [-0.05, 0) is 50.3 Å². The summed E-state index contributed by atoms with van der Waals surface area (Å²) >= 11 is 0. The van der Waals surface area contributed by atoms with Gasteiger partial charge in [-0.2, -0.15) is 0 Å². The van der Waals surface area contributed by atoms with Crippen LogP contribution in [-0.2, 0) is 0 Å². The minimum absolute atomic E-state index is 0.683. The number of benzene rings is 1. The highest BCUT2D eigenvalue weighted by Gasteiger charge is 2.35. The molecular weight excluding hydrogens is 258 g/mol. The molecule has 0 radical (unpaired) electrons. The van der Waals surface area contributed by atoms with Crippen molar-refractivity contribution < 1.29 is 0 Å². The number of hydrogen-bond acceptors (Lipinski definition) is 3. The molecule has 0 aromatic heterocycles. The van der Waals surface area contributed by atoms with Gasteiger partial charge in [0.15, 0.2) is 0 Å². The number of nitrogens with zero attached hydrogens (tertiary/aromatic N) is 2. The molecular formula is C18H29N3. The SMILES string of the molecule is CN1CCN(C2CC(c3ccccc3)CCC2CN)CC1. The fourth-order valence-corrected chi connectivity index (χ4v) is 4.11. The zero-order valence-corrected chi connectivity index (χ0v) is 13.2. The summed E-state index contributed by atoms with van der Waals surface area (Å²) in [5.41, 5.74) is 7.60. The highest BCUT2D eigenvalue weighted by molar-refractivity contribution is 5.20. The van der Waals surface area contributed by atoms with Crippen molar-refractivity contribution >= 4 is 0 Å². The van der Waals surface area contributed by atoms with Gasteiger partial charge in [-0.3, -0.25) is 4.90 Å². The molecule has 21 heavy (non-hydrogen) atoms. The quantitative estimate of drug-likeness (QED) is 0.924. The lowest BCUT2D eigenvalue weighted by Gasteiger charge is -2.45. The second-order valence-electron chi connectivity index (χ2n) is 6.82. The third kappa shape index (κ3) is 3.47. The molecule has 3 heteroatoms. The molecule has 3 unspecified atom stereocenters. The Kier molecular flexibility index (Phi) is 4.94. The first-order valence-electron chi connectivity index (χ1n) is 8.45. The van der Waals surface area contributed by atoms with E-state index in [0.29, 0.717) is 12.0 Å². The average molecular weight is 287 g/mol. The molecule has 1 heterocycles. The van der Waals surface area contributed by atoms with Crippen molar-refractivity contribution in [2.75, 3.05) is 39.8 Å². The van der Waals surface area contributed by atoms with Crippen molar-refractivity contribution in [3.8, 4) is 0 Å². The summed E-state index contributed by atoms with van der Waals surface area (Å²) in [5.74, 6) is 1.41. The fourth-order valence-electron chi connectivity index (χ4n) is 4.11. The molecule has 3 rings (SSSR count). The zero-order chi connectivity index (χ0) is 14.7. The Morgan fingerprint density at radius 2 is 1.76 bits per heavy atom. The van der Waals surface area contributed by atoms with Gasteiger partial charge >= 0.3 is 0 Å². The second-order valence-corrected chi connectivity index (χ2v) is 6.82. The van der Waals surface area contributed by atoms with E-state index in [9.17, 15) is 0 Å². The summed E-state index contributed by atoms with van der Waals surface area (Å²) < 4.78 is 0. The van der Waals surface area contributed by atoms with E-state index in [4.69, 9.17) is 5.73 Å². The van der Waals surface area contributed by atoms with Gasteiger partial charge in [-0.15, -0.1) is 0 Å². The lowest BCUT2D eigenvalue weighted by Crippen LogP contribution is -2.53. The van der Waals surface area contributed by atoms with Crippen LogP contribution in [0.2, 0.25) is 0 Å². The van der Waals surface area contributed by atoms with Crippen LogP contribution in [0.5, 0.6) is 0 Å². The molecule has 1 saturated heterocycles. The van der Waals surface area contributed by atoms with Crippen LogP contribution in [0.1, 0.15) is 30.7 Å². The molecule has 0 amide bonds. The van der Waals surface area contributed by atoms with E-state index in [1.165, 1.54) is 51.0 Å². The van der Waals surface area contributed by atoms with E-state index in [1.807, 2.05) is 0 Å².